The maximum absolute atomic E-state index is 5.28. The minimum atomic E-state index is 0.130. The molecule has 0 aliphatic rings. The zero-order valence-electron chi connectivity index (χ0n) is 13.3. The van der Waals surface area contributed by atoms with Crippen LogP contribution in [-0.4, -0.2) is 17.1 Å². The Labute approximate surface area is 144 Å². The molecule has 0 bridgehead atoms. The van der Waals surface area contributed by atoms with Gasteiger partial charge in [-0.05, 0) is 65.2 Å². The molecule has 0 saturated heterocycles. The first-order valence-corrected chi connectivity index (χ1v) is 8.19. The molecule has 0 amide bonds. The summed E-state index contributed by atoms with van der Waals surface area (Å²) in [6.45, 7) is 4.17. The molecule has 0 fully saturated rings. The third kappa shape index (κ3) is 3.15. The fraction of sp³-hybridized carbons (Fsp3) is 0.222. The quantitative estimate of drug-likeness (QED) is 0.709. The van der Waals surface area contributed by atoms with Gasteiger partial charge in [-0.15, -0.1) is 0 Å². The van der Waals surface area contributed by atoms with E-state index in [-0.39, 0.29) is 6.04 Å². The Morgan fingerprint density at radius 2 is 1.83 bits per heavy atom. The summed E-state index contributed by atoms with van der Waals surface area (Å²) < 4.78 is 6.23. The number of hydrogen-bond acceptors (Lipinski definition) is 4. The van der Waals surface area contributed by atoms with Crippen molar-refractivity contribution in [1.82, 2.24) is 9.97 Å². The zero-order chi connectivity index (χ0) is 16.4. The van der Waals surface area contributed by atoms with Crippen molar-refractivity contribution < 1.29 is 4.74 Å². The van der Waals surface area contributed by atoms with Crippen LogP contribution in [0.4, 0.5) is 5.69 Å². The van der Waals surface area contributed by atoms with Crippen molar-refractivity contribution >= 4 is 32.7 Å². The predicted molar refractivity (Wildman–Crippen MR) is 97.0 cm³/mol. The van der Waals surface area contributed by atoms with E-state index < -0.39 is 0 Å². The second-order valence-electron chi connectivity index (χ2n) is 5.44. The average Bonchev–Trinajstić information content (AvgIpc) is 2.55. The fourth-order valence-corrected chi connectivity index (χ4v) is 3.12. The molecule has 5 heteroatoms. The molecule has 0 aliphatic carbocycles. The highest BCUT2D eigenvalue weighted by Gasteiger charge is 2.11. The number of methoxy groups -OCH3 is 1. The van der Waals surface area contributed by atoms with E-state index in [4.69, 9.17) is 4.74 Å². The number of fused-ring (bicyclic) bond motifs is 1. The third-order valence-electron chi connectivity index (χ3n) is 3.87. The summed E-state index contributed by atoms with van der Waals surface area (Å²) >= 11 is 3.54. The Kier molecular flexibility index (Phi) is 4.48. The molecule has 0 saturated carbocycles. The van der Waals surface area contributed by atoms with Gasteiger partial charge in [0.1, 0.15) is 11.3 Å². The van der Waals surface area contributed by atoms with Crippen molar-refractivity contribution in [3.05, 3.63) is 58.3 Å². The highest BCUT2D eigenvalue weighted by Crippen LogP contribution is 2.30. The SMILES string of the molecule is COc1ccc(C(C)Nc2ccnc3c(C)ccnc23)cc1Br. The van der Waals surface area contributed by atoms with Crippen molar-refractivity contribution in [2.24, 2.45) is 0 Å². The Morgan fingerprint density at radius 1 is 1.09 bits per heavy atom. The monoisotopic (exact) mass is 371 g/mol. The minimum absolute atomic E-state index is 0.130. The van der Waals surface area contributed by atoms with Gasteiger partial charge < -0.3 is 10.1 Å². The standard InChI is InChI=1S/C18H18BrN3O/c1-11-6-8-21-18-15(7-9-20-17(11)18)22-12(2)13-4-5-16(23-3)14(19)10-13/h4-10,12H,1-3H3,(H,20,22). The predicted octanol–water partition coefficient (Wildman–Crippen LogP) is 4.88. The highest BCUT2D eigenvalue weighted by atomic mass is 79.9. The molecule has 0 radical (unpaired) electrons. The summed E-state index contributed by atoms with van der Waals surface area (Å²) in [5, 5.41) is 3.53. The van der Waals surface area contributed by atoms with Crippen LogP contribution in [-0.2, 0) is 0 Å². The topological polar surface area (TPSA) is 47.0 Å². The number of nitrogens with one attached hydrogen (secondary N) is 1. The molecular weight excluding hydrogens is 354 g/mol. The van der Waals surface area contributed by atoms with Crippen molar-refractivity contribution in [2.75, 3.05) is 12.4 Å². The molecule has 118 valence electrons. The van der Waals surface area contributed by atoms with Crippen LogP contribution in [0.2, 0.25) is 0 Å². The van der Waals surface area contributed by atoms with Crippen LogP contribution in [0.3, 0.4) is 0 Å². The van der Waals surface area contributed by atoms with E-state index in [1.54, 1.807) is 7.11 Å². The molecular formula is C18H18BrN3O. The van der Waals surface area contributed by atoms with Gasteiger partial charge in [0.05, 0.1) is 22.8 Å². The summed E-state index contributed by atoms with van der Waals surface area (Å²) in [4.78, 5) is 8.91. The Bertz CT molecular complexity index is 851. The number of ether oxygens (including phenoxy) is 1. The molecule has 2 aromatic heterocycles. The van der Waals surface area contributed by atoms with Crippen molar-refractivity contribution in [3.8, 4) is 5.75 Å². The van der Waals surface area contributed by atoms with Gasteiger partial charge in [-0.1, -0.05) is 6.07 Å². The van der Waals surface area contributed by atoms with E-state index in [9.17, 15) is 0 Å². The van der Waals surface area contributed by atoms with Crippen LogP contribution in [0.5, 0.6) is 5.75 Å². The van der Waals surface area contributed by atoms with Gasteiger partial charge in [0, 0.05) is 18.4 Å². The molecule has 1 atom stereocenters. The number of rotatable bonds is 4. The first-order valence-electron chi connectivity index (χ1n) is 7.40. The molecule has 1 aromatic carbocycles. The van der Waals surface area contributed by atoms with Gasteiger partial charge in [-0.3, -0.25) is 9.97 Å². The lowest BCUT2D eigenvalue weighted by Crippen LogP contribution is -2.08. The summed E-state index contributed by atoms with van der Waals surface area (Å²) in [5.74, 6) is 0.826. The van der Waals surface area contributed by atoms with Crippen LogP contribution in [0, 0.1) is 6.92 Å². The van der Waals surface area contributed by atoms with E-state index >= 15 is 0 Å². The Balaban J connectivity index is 1.93. The Morgan fingerprint density at radius 3 is 2.57 bits per heavy atom. The van der Waals surface area contributed by atoms with E-state index in [0.29, 0.717) is 0 Å². The van der Waals surface area contributed by atoms with Crippen LogP contribution < -0.4 is 10.1 Å². The van der Waals surface area contributed by atoms with Gasteiger partial charge in [0.15, 0.2) is 0 Å². The number of halogens is 1. The van der Waals surface area contributed by atoms with Crippen LogP contribution in [0.1, 0.15) is 24.1 Å². The number of pyridine rings is 2. The number of nitrogens with zero attached hydrogens (tertiary/aromatic N) is 2. The second kappa shape index (κ2) is 6.54. The molecule has 0 aliphatic heterocycles. The van der Waals surface area contributed by atoms with E-state index in [1.165, 1.54) is 0 Å². The first-order chi connectivity index (χ1) is 11.1. The first kappa shape index (κ1) is 15.7. The largest absolute Gasteiger partial charge is 0.496 e. The van der Waals surface area contributed by atoms with Gasteiger partial charge in [-0.25, -0.2) is 0 Å². The van der Waals surface area contributed by atoms with E-state index in [2.05, 4.69) is 50.3 Å². The lowest BCUT2D eigenvalue weighted by molar-refractivity contribution is 0.412. The van der Waals surface area contributed by atoms with Crippen LogP contribution in [0.25, 0.3) is 11.0 Å². The van der Waals surface area contributed by atoms with E-state index in [0.717, 1.165) is 38.1 Å². The lowest BCUT2D eigenvalue weighted by Gasteiger charge is -2.18. The normalized spacial score (nSPS) is 12.2. The lowest BCUT2D eigenvalue weighted by atomic mass is 10.1. The Hall–Kier alpha value is -2.14. The summed E-state index contributed by atoms with van der Waals surface area (Å²) in [5.41, 5.74) is 5.10. The van der Waals surface area contributed by atoms with Crippen molar-refractivity contribution in [3.63, 3.8) is 0 Å². The minimum Gasteiger partial charge on any atom is -0.496 e. The van der Waals surface area contributed by atoms with Gasteiger partial charge in [-0.2, -0.15) is 0 Å². The maximum Gasteiger partial charge on any atom is 0.133 e. The average molecular weight is 372 g/mol. The number of benzene rings is 1. The van der Waals surface area contributed by atoms with Gasteiger partial charge in [0.25, 0.3) is 0 Å². The van der Waals surface area contributed by atoms with Crippen molar-refractivity contribution in [2.45, 2.75) is 19.9 Å². The molecule has 4 nitrogen and oxygen atoms in total. The highest BCUT2D eigenvalue weighted by molar-refractivity contribution is 9.10. The summed E-state index contributed by atoms with van der Waals surface area (Å²) in [7, 11) is 1.67. The maximum atomic E-state index is 5.28. The summed E-state index contributed by atoms with van der Waals surface area (Å²) in [6, 6.07) is 10.2. The molecule has 1 N–H and O–H groups in total. The smallest absolute Gasteiger partial charge is 0.133 e. The molecule has 1 unspecified atom stereocenters. The number of hydrogen-bond donors (Lipinski definition) is 1. The van der Waals surface area contributed by atoms with Crippen molar-refractivity contribution in [1.29, 1.82) is 0 Å². The number of aromatic nitrogens is 2. The molecule has 3 rings (SSSR count). The van der Waals surface area contributed by atoms with Gasteiger partial charge in [0.2, 0.25) is 0 Å². The zero-order valence-corrected chi connectivity index (χ0v) is 14.9. The van der Waals surface area contributed by atoms with Gasteiger partial charge >= 0.3 is 0 Å². The van der Waals surface area contributed by atoms with E-state index in [1.807, 2.05) is 37.5 Å². The van der Waals surface area contributed by atoms with Crippen LogP contribution >= 0.6 is 15.9 Å². The third-order valence-corrected chi connectivity index (χ3v) is 4.49. The molecule has 2 heterocycles. The fourth-order valence-electron chi connectivity index (χ4n) is 2.56. The van der Waals surface area contributed by atoms with Crippen LogP contribution in [0.15, 0.2) is 47.2 Å². The molecule has 23 heavy (non-hydrogen) atoms. The molecule has 0 spiro atoms. The second-order valence-corrected chi connectivity index (χ2v) is 6.30. The number of anilines is 1. The molecule has 3 aromatic rings. The summed E-state index contributed by atoms with van der Waals surface area (Å²) in [6.07, 6.45) is 3.63. The number of aryl methyl sites for hydroxylation is 1.